The molecule has 0 rings (SSSR count). The van der Waals surface area contributed by atoms with E-state index in [1.54, 1.807) is 0 Å². The maximum Gasteiger partial charge on any atom is 0.306 e. The quantitative estimate of drug-likeness (QED) is 0.0196. The molecule has 0 bridgehead atoms. The van der Waals surface area contributed by atoms with E-state index in [0.29, 0.717) is 17.4 Å². The Morgan fingerprint density at radius 2 is 0.864 bits per heavy atom. The molecule has 9 nitrogen and oxygen atoms in total. The predicted molar refractivity (Wildman–Crippen MR) is 245 cm³/mol. The number of ether oxygens (including phenoxy) is 2. The first kappa shape index (κ1) is 57.8. The number of hydrogen-bond donors (Lipinski definition) is 0. The van der Waals surface area contributed by atoms with Crippen LogP contribution >= 0.6 is 7.82 Å². The van der Waals surface area contributed by atoms with Crippen molar-refractivity contribution < 1.29 is 42.1 Å². The third-order valence-corrected chi connectivity index (χ3v) is 12.0. The Kier molecular flexibility index (Phi) is 41.2. The van der Waals surface area contributed by atoms with Crippen LogP contribution < -0.4 is 4.89 Å². The Balaban J connectivity index is 4.14. The number of rotatable bonds is 46. The summed E-state index contributed by atoms with van der Waals surface area (Å²) in [4.78, 5) is 37.6. The van der Waals surface area contributed by atoms with E-state index >= 15 is 0 Å². The lowest BCUT2D eigenvalue weighted by molar-refractivity contribution is -0.870. The van der Waals surface area contributed by atoms with Gasteiger partial charge < -0.3 is 27.9 Å². The summed E-state index contributed by atoms with van der Waals surface area (Å²) in [5.41, 5.74) is 0. The first-order valence-electron chi connectivity index (χ1n) is 24.9. The maximum absolute atomic E-state index is 12.7. The van der Waals surface area contributed by atoms with Crippen LogP contribution in [-0.2, 0) is 32.7 Å². The van der Waals surface area contributed by atoms with Crippen LogP contribution in [-0.4, -0.2) is 70.0 Å². The molecule has 0 heterocycles. The summed E-state index contributed by atoms with van der Waals surface area (Å²) < 4.78 is 34.0. The molecule has 0 spiro atoms. The fraction of sp³-hybridized carbons (Fsp3) is 0.918. The van der Waals surface area contributed by atoms with Crippen molar-refractivity contribution in [3.05, 3.63) is 12.2 Å². The zero-order valence-corrected chi connectivity index (χ0v) is 40.4. The van der Waals surface area contributed by atoms with Crippen molar-refractivity contribution in [1.29, 1.82) is 0 Å². The Hall–Kier alpha value is -1.25. The number of phosphoric ester groups is 1. The van der Waals surface area contributed by atoms with Gasteiger partial charge in [-0.2, -0.15) is 0 Å². The summed E-state index contributed by atoms with van der Waals surface area (Å²) in [6.07, 6.45) is 45.4. The van der Waals surface area contributed by atoms with E-state index < -0.39 is 26.5 Å². The van der Waals surface area contributed by atoms with E-state index in [4.69, 9.17) is 18.5 Å². The van der Waals surface area contributed by atoms with E-state index in [2.05, 4.69) is 26.0 Å². The van der Waals surface area contributed by atoms with E-state index in [0.717, 1.165) is 57.8 Å². The molecule has 59 heavy (non-hydrogen) atoms. The molecule has 2 atom stereocenters. The molecule has 0 aromatic carbocycles. The van der Waals surface area contributed by atoms with Gasteiger partial charge in [0.15, 0.2) is 6.10 Å². The van der Waals surface area contributed by atoms with E-state index in [9.17, 15) is 19.0 Å². The van der Waals surface area contributed by atoms with Crippen molar-refractivity contribution in [2.75, 3.05) is 47.5 Å². The highest BCUT2D eigenvalue weighted by molar-refractivity contribution is 7.45. The van der Waals surface area contributed by atoms with Crippen molar-refractivity contribution in [2.24, 2.45) is 0 Å². The van der Waals surface area contributed by atoms with Gasteiger partial charge in [0.2, 0.25) is 0 Å². The third kappa shape index (κ3) is 46.1. The smallest absolute Gasteiger partial charge is 0.306 e. The highest BCUT2D eigenvalue weighted by Gasteiger charge is 2.21. The van der Waals surface area contributed by atoms with Crippen LogP contribution in [0.4, 0.5) is 0 Å². The van der Waals surface area contributed by atoms with Crippen molar-refractivity contribution in [3.63, 3.8) is 0 Å². The molecule has 0 aliphatic carbocycles. The standard InChI is InChI=1S/C49H96NO8P/c1-6-8-10-12-14-16-18-20-21-22-23-24-25-26-27-28-29-30-32-33-35-37-39-41-48(51)55-45-47(46-57-59(53,54)56-44-43-50(3,4)5)58-49(52)42-40-38-36-34-31-19-17-15-13-11-9-7-2/h15,17,47H,6-14,16,18-46H2,1-5H3/b17-15-. The zero-order chi connectivity index (χ0) is 43.6. The summed E-state index contributed by atoms with van der Waals surface area (Å²) in [5, 5.41) is 0. The molecule has 0 amide bonds. The third-order valence-electron chi connectivity index (χ3n) is 11.0. The molecule has 0 radical (unpaired) electrons. The second kappa shape index (κ2) is 42.1. The Morgan fingerprint density at radius 3 is 1.29 bits per heavy atom. The largest absolute Gasteiger partial charge is 0.756 e. The lowest BCUT2D eigenvalue weighted by atomic mass is 10.0. The minimum absolute atomic E-state index is 0.0292. The minimum atomic E-state index is -4.62. The summed E-state index contributed by atoms with van der Waals surface area (Å²) >= 11 is 0. The number of unbranched alkanes of at least 4 members (excludes halogenated alkanes) is 30. The SMILES string of the molecule is CCCCC/C=C\CCCCCCCC(=O)OC(COC(=O)CCCCCCCCCCCCCCCCCCCCCCCCC)COP(=O)([O-])OCC[N+](C)(C)C. The molecule has 0 fully saturated rings. The van der Waals surface area contributed by atoms with Gasteiger partial charge in [0.05, 0.1) is 27.7 Å². The fourth-order valence-electron chi connectivity index (χ4n) is 7.12. The highest BCUT2D eigenvalue weighted by atomic mass is 31.2. The number of esters is 2. The summed E-state index contributed by atoms with van der Waals surface area (Å²) in [5.74, 6) is -0.832. The van der Waals surface area contributed by atoms with Gasteiger partial charge in [-0.25, -0.2) is 0 Å². The molecule has 0 N–H and O–H groups in total. The van der Waals surface area contributed by atoms with Gasteiger partial charge >= 0.3 is 11.9 Å². The molecular weight excluding hydrogens is 762 g/mol. The van der Waals surface area contributed by atoms with Gasteiger partial charge in [-0.1, -0.05) is 199 Å². The second-order valence-electron chi connectivity index (χ2n) is 18.2. The lowest BCUT2D eigenvalue weighted by Gasteiger charge is -2.28. The number of quaternary nitrogens is 1. The van der Waals surface area contributed by atoms with Gasteiger partial charge in [0, 0.05) is 12.8 Å². The van der Waals surface area contributed by atoms with Crippen molar-refractivity contribution in [3.8, 4) is 0 Å². The number of allylic oxidation sites excluding steroid dienone is 2. The van der Waals surface area contributed by atoms with Crippen LogP contribution in [0.2, 0.25) is 0 Å². The Morgan fingerprint density at radius 1 is 0.508 bits per heavy atom. The van der Waals surface area contributed by atoms with Gasteiger partial charge in [-0.05, 0) is 38.5 Å². The number of nitrogens with zero attached hydrogens (tertiary/aromatic N) is 1. The van der Waals surface area contributed by atoms with Gasteiger partial charge in [0.1, 0.15) is 19.8 Å². The number of hydrogen-bond acceptors (Lipinski definition) is 8. The van der Waals surface area contributed by atoms with Crippen molar-refractivity contribution >= 4 is 19.8 Å². The van der Waals surface area contributed by atoms with Crippen LogP contribution in [0.5, 0.6) is 0 Å². The number of phosphoric acid groups is 1. The van der Waals surface area contributed by atoms with E-state index in [-0.39, 0.29) is 32.0 Å². The topological polar surface area (TPSA) is 111 Å². The average molecular weight is 858 g/mol. The van der Waals surface area contributed by atoms with E-state index in [1.807, 2.05) is 21.1 Å². The molecule has 0 aromatic rings. The predicted octanol–water partition coefficient (Wildman–Crippen LogP) is 13.9. The second-order valence-corrected chi connectivity index (χ2v) is 19.6. The number of carbonyl (C=O) groups excluding carboxylic acids is 2. The summed E-state index contributed by atoms with van der Waals surface area (Å²) in [6, 6.07) is 0. The summed E-state index contributed by atoms with van der Waals surface area (Å²) in [7, 11) is 1.17. The molecular formula is C49H96NO8P. The zero-order valence-electron chi connectivity index (χ0n) is 39.5. The van der Waals surface area contributed by atoms with Crippen LogP contribution in [0.15, 0.2) is 12.2 Å². The average Bonchev–Trinajstić information content (AvgIpc) is 3.19. The first-order chi connectivity index (χ1) is 28.5. The number of carbonyl (C=O) groups is 2. The monoisotopic (exact) mass is 858 g/mol. The molecule has 2 unspecified atom stereocenters. The Bertz CT molecular complexity index is 1020. The van der Waals surface area contributed by atoms with Gasteiger partial charge in [-0.15, -0.1) is 0 Å². The van der Waals surface area contributed by atoms with E-state index in [1.165, 1.54) is 148 Å². The van der Waals surface area contributed by atoms with Crippen LogP contribution in [0.25, 0.3) is 0 Å². The van der Waals surface area contributed by atoms with Gasteiger partial charge in [0.25, 0.3) is 7.82 Å². The minimum Gasteiger partial charge on any atom is -0.756 e. The summed E-state index contributed by atoms with van der Waals surface area (Å²) in [6.45, 7) is 4.23. The molecule has 350 valence electrons. The highest BCUT2D eigenvalue weighted by Crippen LogP contribution is 2.38. The van der Waals surface area contributed by atoms with Crippen molar-refractivity contribution in [2.45, 2.75) is 245 Å². The van der Waals surface area contributed by atoms with Crippen molar-refractivity contribution in [1.82, 2.24) is 0 Å². The van der Waals surface area contributed by atoms with Gasteiger partial charge in [-0.3, -0.25) is 14.2 Å². The molecule has 0 aromatic heterocycles. The molecule has 0 aliphatic rings. The van der Waals surface area contributed by atoms with Crippen LogP contribution in [0.1, 0.15) is 239 Å². The molecule has 10 heteroatoms. The van der Waals surface area contributed by atoms with Crippen LogP contribution in [0.3, 0.4) is 0 Å². The molecule has 0 saturated carbocycles. The van der Waals surface area contributed by atoms with Crippen LogP contribution in [0, 0.1) is 0 Å². The molecule has 0 aliphatic heterocycles. The first-order valence-corrected chi connectivity index (χ1v) is 26.4. The fourth-order valence-corrected chi connectivity index (χ4v) is 7.85. The normalized spacial score (nSPS) is 13.5. The number of likely N-dealkylation sites (N-methyl/N-ethyl adjacent to an activating group) is 1. The maximum atomic E-state index is 12.7. The Labute approximate surface area is 365 Å². The lowest BCUT2D eigenvalue weighted by Crippen LogP contribution is -2.37. The molecule has 0 saturated heterocycles.